The van der Waals surface area contributed by atoms with Crippen LogP contribution in [0.25, 0.3) is 0 Å². The second-order valence-corrected chi connectivity index (χ2v) is 6.49. The van der Waals surface area contributed by atoms with Gasteiger partial charge in [-0.25, -0.2) is 9.18 Å². The first kappa shape index (κ1) is 21.2. The average molecular weight is 389 g/mol. The van der Waals surface area contributed by atoms with Crippen LogP contribution in [0.4, 0.5) is 4.39 Å². The van der Waals surface area contributed by atoms with E-state index in [0.717, 1.165) is 0 Å². The molecule has 0 heterocycles. The van der Waals surface area contributed by atoms with Crippen molar-refractivity contribution in [1.29, 1.82) is 0 Å². The minimum Gasteiger partial charge on any atom is -0.494 e. The van der Waals surface area contributed by atoms with Crippen molar-refractivity contribution >= 4 is 11.9 Å². The number of methoxy groups -OCH3 is 1. The molecule has 6 nitrogen and oxygen atoms in total. The molecule has 0 fully saturated rings. The van der Waals surface area contributed by atoms with E-state index in [4.69, 9.17) is 14.2 Å². The van der Waals surface area contributed by atoms with E-state index in [-0.39, 0.29) is 18.4 Å². The number of halogens is 1. The molecule has 28 heavy (non-hydrogen) atoms. The van der Waals surface area contributed by atoms with E-state index in [2.05, 4.69) is 0 Å². The molecule has 0 aliphatic rings. The number of hydrogen-bond acceptors (Lipinski definition) is 5. The lowest BCUT2D eigenvalue weighted by molar-refractivity contribution is -0.133. The fourth-order valence-corrected chi connectivity index (χ4v) is 2.43. The van der Waals surface area contributed by atoms with Crippen molar-refractivity contribution in [3.05, 3.63) is 59.4 Å². The summed E-state index contributed by atoms with van der Waals surface area (Å²) in [5, 5.41) is 0. The van der Waals surface area contributed by atoms with Crippen molar-refractivity contribution in [3.8, 4) is 11.5 Å². The molecule has 2 aromatic rings. The van der Waals surface area contributed by atoms with Crippen LogP contribution in [0, 0.1) is 5.82 Å². The maximum absolute atomic E-state index is 13.7. The van der Waals surface area contributed by atoms with Gasteiger partial charge in [0.2, 0.25) is 0 Å². The van der Waals surface area contributed by atoms with Crippen molar-refractivity contribution in [3.63, 3.8) is 0 Å². The fourth-order valence-electron chi connectivity index (χ4n) is 2.43. The van der Waals surface area contributed by atoms with Gasteiger partial charge < -0.3 is 19.1 Å². The molecule has 150 valence electrons. The highest BCUT2D eigenvalue weighted by atomic mass is 19.1. The van der Waals surface area contributed by atoms with Crippen LogP contribution in [0.1, 0.15) is 29.8 Å². The van der Waals surface area contributed by atoms with E-state index < -0.39 is 24.3 Å². The number of hydrogen-bond donors (Lipinski definition) is 0. The summed E-state index contributed by atoms with van der Waals surface area (Å²) >= 11 is 0. The monoisotopic (exact) mass is 389 g/mol. The molecule has 0 spiro atoms. The zero-order valence-electron chi connectivity index (χ0n) is 16.4. The largest absolute Gasteiger partial charge is 0.494 e. The van der Waals surface area contributed by atoms with E-state index in [1.54, 1.807) is 37.4 Å². The van der Waals surface area contributed by atoms with Crippen LogP contribution in [0.3, 0.4) is 0 Å². The van der Waals surface area contributed by atoms with Crippen LogP contribution >= 0.6 is 0 Å². The number of benzene rings is 2. The summed E-state index contributed by atoms with van der Waals surface area (Å²) in [5.41, 5.74) is 0.921. The van der Waals surface area contributed by atoms with Crippen LogP contribution < -0.4 is 9.47 Å². The van der Waals surface area contributed by atoms with Crippen LogP contribution in [-0.4, -0.2) is 43.6 Å². The minimum absolute atomic E-state index is 0.0325. The van der Waals surface area contributed by atoms with Gasteiger partial charge in [-0.15, -0.1) is 0 Å². The quantitative estimate of drug-likeness (QED) is 0.647. The van der Waals surface area contributed by atoms with Gasteiger partial charge in [-0.05, 0) is 55.8 Å². The molecule has 2 rings (SSSR count). The average Bonchev–Trinajstić information content (AvgIpc) is 2.66. The Morgan fingerprint density at radius 3 is 2.36 bits per heavy atom. The summed E-state index contributed by atoms with van der Waals surface area (Å²) < 4.78 is 29.2. The van der Waals surface area contributed by atoms with Gasteiger partial charge in [-0.2, -0.15) is 0 Å². The van der Waals surface area contributed by atoms with Gasteiger partial charge in [0, 0.05) is 13.6 Å². The van der Waals surface area contributed by atoms with Gasteiger partial charge in [-0.3, -0.25) is 4.79 Å². The molecule has 0 aliphatic heterocycles. The Morgan fingerprint density at radius 1 is 1.11 bits per heavy atom. The van der Waals surface area contributed by atoms with Gasteiger partial charge in [0.25, 0.3) is 5.91 Å². The lowest BCUT2D eigenvalue weighted by atomic mass is 10.2. The number of nitrogens with zero attached hydrogens (tertiary/aromatic N) is 1. The van der Waals surface area contributed by atoms with Gasteiger partial charge in [0.1, 0.15) is 5.75 Å². The predicted molar refractivity (Wildman–Crippen MR) is 102 cm³/mol. The third kappa shape index (κ3) is 5.97. The van der Waals surface area contributed by atoms with Crippen molar-refractivity contribution < 1.29 is 28.2 Å². The Kier molecular flexibility index (Phi) is 7.37. The van der Waals surface area contributed by atoms with Crippen molar-refractivity contribution in [2.24, 2.45) is 0 Å². The number of rotatable bonds is 8. The Balaban J connectivity index is 1.86. The molecule has 0 unspecified atom stereocenters. The first-order valence-electron chi connectivity index (χ1n) is 8.80. The minimum atomic E-state index is -0.603. The summed E-state index contributed by atoms with van der Waals surface area (Å²) in [6.45, 7) is 3.59. The van der Waals surface area contributed by atoms with Gasteiger partial charge >= 0.3 is 5.97 Å². The number of carbonyl (C=O) groups is 2. The second kappa shape index (κ2) is 9.73. The zero-order chi connectivity index (χ0) is 20.7. The molecule has 0 saturated heterocycles. The lowest BCUT2D eigenvalue weighted by Gasteiger charge is -2.17. The van der Waals surface area contributed by atoms with Gasteiger partial charge in [0.15, 0.2) is 18.2 Å². The van der Waals surface area contributed by atoms with E-state index in [1.165, 1.54) is 24.1 Å². The maximum Gasteiger partial charge on any atom is 0.338 e. The van der Waals surface area contributed by atoms with E-state index >= 15 is 0 Å². The summed E-state index contributed by atoms with van der Waals surface area (Å²) in [5.74, 6) is -0.722. The molecule has 1 amide bonds. The molecule has 0 bridgehead atoms. The predicted octanol–water partition coefficient (Wildman–Crippen LogP) is 3.44. The van der Waals surface area contributed by atoms with Crippen LogP contribution in [0.2, 0.25) is 0 Å². The standard InChI is InChI=1S/C21H24FNO5/c1-14(2)28-17-8-6-16(7-9-17)21(25)27-13-20(24)23(3)12-15-5-10-19(26-4)18(22)11-15/h5-11,14H,12-13H2,1-4H3. The van der Waals surface area contributed by atoms with Gasteiger partial charge in [0.05, 0.1) is 18.8 Å². The summed E-state index contributed by atoms with van der Waals surface area (Å²) in [4.78, 5) is 25.6. The zero-order valence-corrected chi connectivity index (χ0v) is 16.4. The highest BCUT2D eigenvalue weighted by Gasteiger charge is 2.15. The van der Waals surface area contributed by atoms with E-state index in [0.29, 0.717) is 16.9 Å². The number of esters is 1. The molecule has 2 aromatic carbocycles. The molecule has 0 atom stereocenters. The Bertz CT molecular complexity index is 820. The Morgan fingerprint density at radius 2 is 1.79 bits per heavy atom. The molecule has 0 aliphatic carbocycles. The maximum atomic E-state index is 13.7. The normalized spacial score (nSPS) is 10.5. The van der Waals surface area contributed by atoms with Crippen LogP contribution in [0.5, 0.6) is 11.5 Å². The van der Waals surface area contributed by atoms with Crippen LogP contribution in [-0.2, 0) is 16.1 Å². The number of amides is 1. The number of likely N-dealkylation sites (N-methyl/N-ethyl adjacent to an activating group) is 1. The smallest absolute Gasteiger partial charge is 0.338 e. The van der Waals surface area contributed by atoms with Crippen molar-refractivity contribution in [1.82, 2.24) is 4.90 Å². The number of carbonyl (C=O) groups excluding carboxylic acids is 2. The second-order valence-electron chi connectivity index (χ2n) is 6.49. The first-order chi connectivity index (χ1) is 13.3. The highest BCUT2D eigenvalue weighted by molar-refractivity contribution is 5.91. The summed E-state index contributed by atoms with van der Waals surface area (Å²) in [6, 6.07) is 11.0. The third-order valence-electron chi connectivity index (χ3n) is 3.85. The lowest BCUT2D eigenvalue weighted by Crippen LogP contribution is -2.30. The third-order valence-corrected chi connectivity index (χ3v) is 3.85. The number of ether oxygens (including phenoxy) is 3. The molecule has 0 saturated carbocycles. The highest BCUT2D eigenvalue weighted by Crippen LogP contribution is 2.18. The topological polar surface area (TPSA) is 65.1 Å². The molecular weight excluding hydrogens is 365 g/mol. The van der Waals surface area contributed by atoms with Crippen molar-refractivity contribution in [2.75, 3.05) is 20.8 Å². The van der Waals surface area contributed by atoms with E-state index in [1.807, 2.05) is 13.8 Å². The fraction of sp³-hybridized carbons (Fsp3) is 0.333. The van der Waals surface area contributed by atoms with Crippen LogP contribution in [0.15, 0.2) is 42.5 Å². The molecule has 0 aromatic heterocycles. The molecule has 0 N–H and O–H groups in total. The first-order valence-corrected chi connectivity index (χ1v) is 8.80. The summed E-state index contributed by atoms with van der Waals surface area (Å²) in [7, 11) is 2.93. The summed E-state index contributed by atoms with van der Waals surface area (Å²) in [6.07, 6.45) is 0.0325. The van der Waals surface area contributed by atoms with E-state index in [9.17, 15) is 14.0 Å². The Labute approximate surface area is 163 Å². The van der Waals surface area contributed by atoms with Crippen molar-refractivity contribution in [2.45, 2.75) is 26.5 Å². The SMILES string of the molecule is COc1ccc(CN(C)C(=O)COC(=O)c2ccc(OC(C)C)cc2)cc1F. The molecular formula is C21H24FNO5. The molecule has 0 radical (unpaired) electrons. The van der Waals surface area contributed by atoms with Gasteiger partial charge in [-0.1, -0.05) is 6.07 Å². The molecule has 7 heteroatoms. The Hall–Kier alpha value is -3.09.